The molecule has 1 unspecified atom stereocenters. The van der Waals surface area contributed by atoms with Gasteiger partial charge in [0.2, 0.25) is 0 Å². The van der Waals surface area contributed by atoms with Gasteiger partial charge >= 0.3 is 0 Å². The van der Waals surface area contributed by atoms with Crippen molar-refractivity contribution in [2.75, 3.05) is 24.5 Å². The average Bonchev–Trinajstić information content (AvgIpc) is 2.72. The van der Waals surface area contributed by atoms with Gasteiger partial charge in [0.05, 0.1) is 0 Å². The summed E-state index contributed by atoms with van der Waals surface area (Å²) in [5.41, 5.74) is 1.33. The fraction of sp³-hybridized carbons (Fsp3) is 0.438. The fourth-order valence-electron chi connectivity index (χ4n) is 2.86. The maximum Gasteiger partial charge on any atom is 0.0462 e. The lowest BCUT2D eigenvalue weighted by Gasteiger charge is -2.27. The van der Waals surface area contributed by atoms with Crippen molar-refractivity contribution >= 4 is 16.5 Å². The molecule has 0 aliphatic carbocycles. The Bertz CT molecular complexity index is 547. The zero-order chi connectivity index (χ0) is 13.1. The molecule has 3 nitrogen and oxygen atoms in total. The van der Waals surface area contributed by atoms with Crippen molar-refractivity contribution in [3.63, 3.8) is 0 Å². The third kappa shape index (κ3) is 2.56. The molecule has 3 rings (SSSR count). The second-order valence-electron chi connectivity index (χ2n) is 5.23. The highest BCUT2D eigenvalue weighted by Gasteiger charge is 2.17. The van der Waals surface area contributed by atoms with Gasteiger partial charge in [0.25, 0.3) is 0 Å². The van der Waals surface area contributed by atoms with Crippen LogP contribution in [0.4, 0.5) is 5.69 Å². The number of hydrogen-bond acceptors (Lipinski definition) is 3. The van der Waals surface area contributed by atoms with E-state index in [0.717, 1.165) is 19.6 Å². The van der Waals surface area contributed by atoms with Gasteiger partial charge in [-0.15, -0.1) is 0 Å². The van der Waals surface area contributed by atoms with E-state index in [9.17, 15) is 0 Å². The molecule has 1 aliphatic rings. The number of nitrogens with one attached hydrogen (secondary N) is 1. The predicted molar refractivity (Wildman–Crippen MR) is 80.7 cm³/mol. The second kappa shape index (κ2) is 5.57. The van der Waals surface area contributed by atoms with Crippen molar-refractivity contribution in [1.29, 1.82) is 0 Å². The maximum absolute atomic E-state index is 4.29. The van der Waals surface area contributed by atoms with E-state index in [4.69, 9.17) is 0 Å². The molecular weight excluding hydrogens is 234 g/mol. The van der Waals surface area contributed by atoms with E-state index >= 15 is 0 Å². The number of benzene rings is 1. The van der Waals surface area contributed by atoms with Crippen LogP contribution in [0.2, 0.25) is 0 Å². The number of pyridine rings is 1. The Balaban J connectivity index is 1.98. The summed E-state index contributed by atoms with van der Waals surface area (Å²) in [5.74, 6) is 0. The Morgan fingerprint density at radius 3 is 3.21 bits per heavy atom. The van der Waals surface area contributed by atoms with Crippen LogP contribution in [0.1, 0.15) is 19.8 Å². The quantitative estimate of drug-likeness (QED) is 0.894. The van der Waals surface area contributed by atoms with E-state index in [2.05, 4.69) is 46.4 Å². The van der Waals surface area contributed by atoms with Crippen LogP contribution in [-0.2, 0) is 0 Å². The monoisotopic (exact) mass is 255 g/mol. The van der Waals surface area contributed by atoms with Crippen molar-refractivity contribution in [2.45, 2.75) is 25.8 Å². The summed E-state index contributed by atoms with van der Waals surface area (Å²) in [4.78, 5) is 6.80. The number of fused-ring (bicyclic) bond motifs is 1. The van der Waals surface area contributed by atoms with E-state index in [-0.39, 0.29) is 0 Å². The lowest BCUT2D eigenvalue weighted by Crippen LogP contribution is -2.37. The Hall–Kier alpha value is -1.61. The molecule has 0 radical (unpaired) electrons. The van der Waals surface area contributed by atoms with Crippen LogP contribution in [0.25, 0.3) is 10.8 Å². The smallest absolute Gasteiger partial charge is 0.0462 e. The van der Waals surface area contributed by atoms with Crippen molar-refractivity contribution in [2.24, 2.45) is 0 Å². The molecule has 3 heteroatoms. The molecule has 1 N–H and O–H groups in total. The molecule has 1 fully saturated rings. The van der Waals surface area contributed by atoms with Crippen LogP contribution in [0, 0.1) is 0 Å². The molecule has 0 amide bonds. The van der Waals surface area contributed by atoms with Gasteiger partial charge in [0, 0.05) is 42.6 Å². The minimum absolute atomic E-state index is 0.592. The van der Waals surface area contributed by atoms with Gasteiger partial charge in [-0.25, -0.2) is 0 Å². The van der Waals surface area contributed by atoms with E-state index in [1.165, 1.54) is 29.3 Å². The highest BCUT2D eigenvalue weighted by Crippen LogP contribution is 2.27. The molecule has 100 valence electrons. The van der Waals surface area contributed by atoms with Gasteiger partial charge in [-0.2, -0.15) is 0 Å². The summed E-state index contributed by atoms with van der Waals surface area (Å²) < 4.78 is 0. The van der Waals surface area contributed by atoms with E-state index < -0.39 is 0 Å². The average molecular weight is 255 g/mol. The molecule has 0 spiro atoms. The molecule has 1 aromatic heterocycles. The maximum atomic E-state index is 4.29. The number of rotatable bonds is 2. The first-order chi connectivity index (χ1) is 9.38. The SMILES string of the molecule is CCC1CN(c2cccc3ccncc23)CCCN1. The normalized spacial score (nSPS) is 20.5. The number of nitrogens with zero attached hydrogens (tertiary/aromatic N) is 2. The van der Waals surface area contributed by atoms with E-state index in [0.29, 0.717) is 6.04 Å². The third-order valence-electron chi connectivity index (χ3n) is 3.97. The highest BCUT2D eigenvalue weighted by molar-refractivity contribution is 5.93. The Kier molecular flexibility index (Phi) is 3.65. The third-order valence-corrected chi connectivity index (χ3v) is 3.97. The largest absolute Gasteiger partial charge is 0.369 e. The highest BCUT2D eigenvalue weighted by atomic mass is 15.2. The van der Waals surface area contributed by atoms with Crippen LogP contribution >= 0.6 is 0 Å². The first-order valence-corrected chi connectivity index (χ1v) is 7.19. The zero-order valence-electron chi connectivity index (χ0n) is 11.5. The molecule has 19 heavy (non-hydrogen) atoms. The molecule has 2 aromatic rings. The lowest BCUT2D eigenvalue weighted by atomic mass is 10.1. The summed E-state index contributed by atoms with van der Waals surface area (Å²) in [6.07, 6.45) is 6.24. The van der Waals surface area contributed by atoms with Crippen LogP contribution in [0.5, 0.6) is 0 Å². The molecule has 1 aromatic carbocycles. The number of hydrogen-bond donors (Lipinski definition) is 1. The van der Waals surface area contributed by atoms with Gasteiger partial charge in [0.15, 0.2) is 0 Å². The standard InChI is InChI=1S/C16H21N3/c1-2-14-12-19(10-4-8-18-14)16-6-3-5-13-7-9-17-11-15(13)16/h3,5-7,9,11,14,18H,2,4,8,10,12H2,1H3. The summed E-state index contributed by atoms with van der Waals surface area (Å²) in [6.45, 7) is 5.59. The van der Waals surface area contributed by atoms with Crippen LogP contribution in [0.15, 0.2) is 36.7 Å². The lowest BCUT2D eigenvalue weighted by molar-refractivity contribution is 0.529. The first-order valence-electron chi connectivity index (χ1n) is 7.19. The molecule has 1 saturated heterocycles. The second-order valence-corrected chi connectivity index (χ2v) is 5.23. The number of aromatic nitrogens is 1. The van der Waals surface area contributed by atoms with Crippen molar-refractivity contribution in [1.82, 2.24) is 10.3 Å². The topological polar surface area (TPSA) is 28.2 Å². The Labute approximate surface area is 114 Å². The van der Waals surface area contributed by atoms with Crippen molar-refractivity contribution in [3.05, 3.63) is 36.7 Å². The summed E-state index contributed by atoms with van der Waals surface area (Å²) >= 11 is 0. The van der Waals surface area contributed by atoms with Crippen molar-refractivity contribution < 1.29 is 0 Å². The summed E-state index contributed by atoms with van der Waals surface area (Å²) in [6, 6.07) is 9.22. The van der Waals surface area contributed by atoms with Crippen LogP contribution in [0.3, 0.4) is 0 Å². The first kappa shape index (κ1) is 12.4. The van der Waals surface area contributed by atoms with E-state index in [1.807, 2.05) is 12.4 Å². The molecule has 0 saturated carbocycles. The molecule has 2 heterocycles. The molecule has 1 atom stereocenters. The van der Waals surface area contributed by atoms with Crippen LogP contribution in [-0.4, -0.2) is 30.7 Å². The van der Waals surface area contributed by atoms with Gasteiger partial charge < -0.3 is 10.2 Å². The van der Waals surface area contributed by atoms with Gasteiger partial charge in [-0.05, 0) is 36.9 Å². The van der Waals surface area contributed by atoms with Gasteiger partial charge in [0.1, 0.15) is 0 Å². The van der Waals surface area contributed by atoms with E-state index in [1.54, 1.807) is 0 Å². The fourth-order valence-corrected chi connectivity index (χ4v) is 2.86. The zero-order valence-corrected chi connectivity index (χ0v) is 11.5. The van der Waals surface area contributed by atoms with Gasteiger partial charge in [-0.3, -0.25) is 4.98 Å². The minimum atomic E-state index is 0.592. The summed E-state index contributed by atoms with van der Waals surface area (Å²) in [7, 11) is 0. The van der Waals surface area contributed by atoms with Crippen molar-refractivity contribution in [3.8, 4) is 0 Å². The molecular formula is C16H21N3. The Morgan fingerprint density at radius 1 is 1.37 bits per heavy atom. The predicted octanol–water partition coefficient (Wildman–Crippen LogP) is 2.81. The molecule has 1 aliphatic heterocycles. The minimum Gasteiger partial charge on any atom is -0.369 e. The van der Waals surface area contributed by atoms with Gasteiger partial charge in [-0.1, -0.05) is 19.1 Å². The van der Waals surface area contributed by atoms with Crippen LogP contribution < -0.4 is 10.2 Å². The molecule has 0 bridgehead atoms. The Morgan fingerprint density at radius 2 is 2.32 bits per heavy atom. The number of anilines is 1. The summed E-state index contributed by atoms with van der Waals surface area (Å²) in [5, 5.41) is 6.16.